The lowest BCUT2D eigenvalue weighted by atomic mass is 10.2. The van der Waals surface area contributed by atoms with Crippen LogP contribution in [0.5, 0.6) is 0 Å². The number of nitrogens with one attached hydrogen (secondary N) is 1. The van der Waals surface area contributed by atoms with Crippen molar-refractivity contribution in [1.29, 1.82) is 0 Å². The van der Waals surface area contributed by atoms with Gasteiger partial charge in [-0.2, -0.15) is 0 Å². The van der Waals surface area contributed by atoms with E-state index in [1.807, 2.05) is 31.2 Å². The lowest BCUT2D eigenvalue weighted by molar-refractivity contribution is -0.132. The van der Waals surface area contributed by atoms with Gasteiger partial charge in [0.05, 0.1) is 6.54 Å². The van der Waals surface area contributed by atoms with Crippen LogP contribution in [0, 0.1) is 12.7 Å². The molecule has 2 amide bonds. The Labute approximate surface area is 151 Å². The molecule has 0 atom stereocenters. The highest BCUT2D eigenvalue weighted by atomic mass is 32.2. The summed E-state index contributed by atoms with van der Waals surface area (Å²) >= 11 is 1.61. The molecule has 0 aliphatic rings. The first-order valence-corrected chi connectivity index (χ1v) is 8.91. The maximum absolute atomic E-state index is 12.8. The Bertz CT molecular complexity index is 717. The van der Waals surface area contributed by atoms with Crippen LogP contribution in [-0.4, -0.2) is 36.1 Å². The molecule has 0 bridgehead atoms. The fourth-order valence-electron chi connectivity index (χ4n) is 2.12. The van der Waals surface area contributed by atoms with Crippen molar-refractivity contribution in [2.75, 3.05) is 24.7 Å². The molecule has 6 heteroatoms. The van der Waals surface area contributed by atoms with Gasteiger partial charge in [-0.3, -0.25) is 9.59 Å². The van der Waals surface area contributed by atoms with Crippen LogP contribution in [-0.2, 0) is 9.59 Å². The van der Waals surface area contributed by atoms with Crippen molar-refractivity contribution in [3.8, 4) is 0 Å². The fourth-order valence-corrected chi connectivity index (χ4v) is 2.96. The number of anilines is 1. The lowest BCUT2D eigenvalue weighted by Crippen LogP contribution is -2.35. The molecule has 0 aromatic heterocycles. The molecule has 4 nitrogen and oxygen atoms in total. The number of hydrogen-bond acceptors (Lipinski definition) is 3. The molecule has 0 unspecified atom stereocenters. The maximum Gasteiger partial charge on any atom is 0.243 e. The molecule has 0 saturated carbocycles. The number of aryl methyl sites for hydroxylation is 1. The zero-order valence-corrected chi connectivity index (χ0v) is 15.1. The van der Waals surface area contributed by atoms with E-state index in [0.717, 1.165) is 4.90 Å². The van der Waals surface area contributed by atoms with E-state index in [0.29, 0.717) is 17.9 Å². The zero-order valence-electron chi connectivity index (χ0n) is 14.3. The lowest BCUT2D eigenvalue weighted by Gasteiger charge is -2.16. The number of carbonyl (C=O) groups excluding carboxylic acids is 2. The minimum atomic E-state index is -0.364. The second-order valence-electron chi connectivity index (χ2n) is 5.72. The summed E-state index contributed by atoms with van der Waals surface area (Å²) in [6, 6.07) is 13.6. The van der Waals surface area contributed by atoms with Crippen molar-refractivity contribution in [2.24, 2.45) is 0 Å². The van der Waals surface area contributed by atoms with Crippen LogP contribution in [0.4, 0.5) is 10.1 Å². The number of nitrogens with zero attached hydrogens (tertiary/aromatic N) is 1. The summed E-state index contributed by atoms with van der Waals surface area (Å²) < 4.78 is 12.8. The van der Waals surface area contributed by atoms with E-state index >= 15 is 0 Å². The van der Waals surface area contributed by atoms with Gasteiger partial charge in [-0.1, -0.05) is 17.7 Å². The topological polar surface area (TPSA) is 49.4 Å². The summed E-state index contributed by atoms with van der Waals surface area (Å²) in [5, 5.41) is 2.64. The smallest absolute Gasteiger partial charge is 0.243 e. The van der Waals surface area contributed by atoms with Gasteiger partial charge in [0.15, 0.2) is 0 Å². The summed E-state index contributed by atoms with van der Waals surface area (Å²) in [7, 11) is 1.60. The Morgan fingerprint density at radius 1 is 1.08 bits per heavy atom. The predicted octanol–water partition coefficient (Wildman–Crippen LogP) is 3.71. The first-order valence-electron chi connectivity index (χ1n) is 7.93. The number of amides is 2. The first-order chi connectivity index (χ1) is 11.9. The van der Waals surface area contributed by atoms with E-state index in [9.17, 15) is 14.0 Å². The van der Waals surface area contributed by atoms with Crippen LogP contribution in [0.3, 0.4) is 0 Å². The Morgan fingerprint density at radius 2 is 1.72 bits per heavy atom. The predicted molar refractivity (Wildman–Crippen MR) is 99.2 cm³/mol. The van der Waals surface area contributed by atoms with Gasteiger partial charge in [-0.25, -0.2) is 4.39 Å². The van der Waals surface area contributed by atoms with Crippen molar-refractivity contribution in [3.05, 3.63) is 59.9 Å². The summed E-state index contributed by atoms with van der Waals surface area (Å²) in [4.78, 5) is 26.6. The highest BCUT2D eigenvalue weighted by molar-refractivity contribution is 7.99. The number of thioether (sulfide) groups is 1. The molecule has 0 spiro atoms. The Kier molecular flexibility index (Phi) is 7.01. The van der Waals surface area contributed by atoms with Gasteiger partial charge in [0.25, 0.3) is 0 Å². The number of likely N-dealkylation sites (N-methyl/N-ethyl adjacent to an activating group) is 1. The van der Waals surface area contributed by atoms with Crippen LogP contribution >= 0.6 is 11.8 Å². The number of hydrogen-bond donors (Lipinski definition) is 1. The Hall–Kier alpha value is -2.34. The van der Waals surface area contributed by atoms with E-state index in [4.69, 9.17) is 0 Å². The number of rotatable bonds is 7. The van der Waals surface area contributed by atoms with Gasteiger partial charge in [-0.15, -0.1) is 11.8 Å². The summed E-state index contributed by atoms with van der Waals surface area (Å²) in [6.07, 6.45) is 0.360. The molecule has 0 radical (unpaired) electrons. The number of carbonyl (C=O) groups is 2. The normalized spacial score (nSPS) is 10.4. The van der Waals surface area contributed by atoms with Crippen molar-refractivity contribution in [2.45, 2.75) is 18.2 Å². The summed E-state index contributed by atoms with van der Waals surface area (Å²) in [5.41, 5.74) is 1.70. The number of halogens is 1. The average Bonchev–Trinajstić information content (AvgIpc) is 2.58. The highest BCUT2D eigenvalue weighted by Gasteiger charge is 2.13. The van der Waals surface area contributed by atoms with E-state index in [1.165, 1.54) is 34.7 Å². The molecule has 0 heterocycles. The third kappa shape index (κ3) is 6.58. The molecule has 1 N–H and O–H groups in total. The third-order valence-electron chi connectivity index (χ3n) is 3.54. The highest BCUT2D eigenvalue weighted by Crippen LogP contribution is 2.19. The van der Waals surface area contributed by atoms with Crippen molar-refractivity contribution < 1.29 is 14.0 Å². The van der Waals surface area contributed by atoms with Crippen LogP contribution in [0.2, 0.25) is 0 Å². The molecule has 0 aliphatic heterocycles. The van der Waals surface area contributed by atoms with Crippen molar-refractivity contribution in [1.82, 2.24) is 4.90 Å². The molecule has 132 valence electrons. The van der Waals surface area contributed by atoms with E-state index in [2.05, 4.69) is 5.32 Å². The van der Waals surface area contributed by atoms with Crippen LogP contribution in [0.15, 0.2) is 53.4 Å². The summed E-state index contributed by atoms with van der Waals surface area (Å²) in [5.74, 6) is -0.106. The molecule has 2 aromatic rings. The molecular weight excluding hydrogens is 339 g/mol. The number of benzene rings is 2. The third-order valence-corrected chi connectivity index (χ3v) is 4.55. The molecule has 25 heavy (non-hydrogen) atoms. The van der Waals surface area contributed by atoms with Crippen LogP contribution < -0.4 is 5.32 Å². The second-order valence-corrected chi connectivity index (χ2v) is 6.88. The molecule has 0 aliphatic carbocycles. The van der Waals surface area contributed by atoms with Crippen molar-refractivity contribution in [3.63, 3.8) is 0 Å². The minimum Gasteiger partial charge on any atom is -0.336 e. The van der Waals surface area contributed by atoms with Gasteiger partial charge in [-0.05, 0) is 43.3 Å². The standard InChI is InChI=1S/C19H21FN2O2S/c1-14-3-9-17(10-4-14)25-12-11-19(24)22(2)13-18(23)21-16-7-5-15(20)6-8-16/h3-10H,11-13H2,1-2H3,(H,21,23). The molecule has 0 fully saturated rings. The molecule has 2 aromatic carbocycles. The quantitative estimate of drug-likeness (QED) is 0.766. The monoisotopic (exact) mass is 360 g/mol. The van der Waals surface area contributed by atoms with Crippen molar-refractivity contribution >= 4 is 29.3 Å². The SMILES string of the molecule is Cc1ccc(SCCC(=O)N(C)CC(=O)Nc2ccc(F)cc2)cc1. The fraction of sp³-hybridized carbons (Fsp3) is 0.263. The molecular formula is C19H21FN2O2S. The second kappa shape index (κ2) is 9.22. The maximum atomic E-state index is 12.8. The van der Waals surface area contributed by atoms with E-state index in [1.54, 1.807) is 18.8 Å². The largest absolute Gasteiger partial charge is 0.336 e. The first kappa shape index (κ1) is 19.0. The van der Waals surface area contributed by atoms with Gasteiger partial charge < -0.3 is 10.2 Å². The molecule has 0 saturated heterocycles. The zero-order chi connectivity index (χ0) is 18.2. The van der Waals surface area contributed by atoms with Gasteiger partial charge in [0, 0.05) is 29.8 Å². The van der Waals surface area contributed by atoms with Gasteiger partial charge in [0.1, 0.15) is 5.82 Å². The van der Waals surface area contributed by atoms with Crippen LogP contribution in [0.1, 0.15) is 12.0 Å². The average molecular weight is 360 g/mol. The van der Waals surface area contributed by atoms with Gasteiger partial charge in [0.2, 0.25) is 11.8 Å². The van der Waals surface area contributed by atoms with E-state index in [-0.39, 0.29) is 24.2 Å². The Morgan fingerprint density at radius 3 is 2.36 bits per heavy atom. The molecule has 2 rings (SSSR count). The Balaban J connectivity index is 1.72. The van der Waals surface area contributed by atoms with Gasteiger partial charge >= 0.3 is 0 Å². The van der Waals surface area contributed by atoms with Crippen LogP contribution in [0.25, 0.3) is 0 Å². The van der Waals surface area contributed by atoms with E-state index < -0.39 is 0 Å². The minimum absolute atomic E-state index is 0.0363. The summed E-state index contributed by atoms with van der Waals surface area (Å²) in [6.45, 7) is 2.00.